The van der Waals surface area contributed by atoms with Gasteiger partial charge < -0.3 is 9.26 Å². The van der Waals surface area contributed by atoms with Crippen molar-refractivity contribution in [3.05, 3.63) is 51.9 Å². The van der Waals surface area contributed by atoms with E-state index in [9.17, 15) is 26.7 Å². The van der Waals surface area contributed by atoms with Gasteiger partial charge in [-0.1, -0.05) is 24.4 Å². The average molecular weight is 471 g/mol. The summed E-state index contributed by atoms with van der Waals surface area (Å²) in [6.07, 6.45) is -2.39. The van der Waals surface area contributed by atoms with Gasteiger partial charge in [0, 0.05) is 11.8 Å². The molecule has 0 atom stereocenters. The SMILES string of the molecule is O=c1c(C2CCCCC2)cc(-c2noc(C(F)F)n2)nn1Cc1ncccc1OC(F)(F)F. The van der Waals surface area contributed by atoms with Crippen molar-refractivity contribution in [2.75, 3.05) is 0 Å². The van der Waals surface area contributed by atoms with Crippen LogP contribution in [0.2, 0.25) is 0 Å². The van der Waals surface area contributed by atoms with Crippen molar-refractivity contribution in [3.8, 4) is 17.3 Å². The monoisotopic (exact) mass is 471 g/mol. The van der Waals surface area contributed by atoms with Crippen LogP contribution >= 0.6 is 0 Å². The van der Waals surface area contributed by atoms with E-state index in [2.05, 4.69) is 29.5 Å². The lowest BCUT2D eigenvalue weighted by Crippen LogP contribution is -2.30. The van der Waals surface area contributed by atoms with Gasteiger partial charge in [0.25, 0.3) is 11.4 Å². The Morgan fingerprint density at radius 2 is 1.97 bits per heavy atom. The Kier molecular flexibility index (Phi) is 6.38. The quantitative estimate of drug-likeness (QED) is 0.484. The van der Waals surface area contributed by atoms with Crippen molar-refractivity contribution < 1.29 is 31.2 Å². The Balaban J connectivity index is 1.78. The molecular weight excluding hydrogens is 453 g/mol. The molecule has 1 saturated carbocycles. The summed E-state index contributed by atoms with van der Waals surface area (Å²) in [6.45, 7) is -0.446. The molecule has 0 saturated heterocycles. The van der Waals surface area contributed by atoms with E-state index in [-0.39, 0.29) is 23.1 Å². The first-order valence-corrected chi connectivity index (χ1v) is 10.1. The largest absolute Gasteiger partial charge is 0.573 e. The van der Waals surface area contributed by atoms with Crippen LogP contribution in [-0.2, 0) is 6.54 Å². The standard InChI is InChI=1S/C20H18F5N5O3/c21-16(22)18-27-17(29-33-18)13-9-12(11-5-2-1-3-6-11)19(31)30(28-13)10-14-15(7-4-8-26-14)32-20(23,24)25/h4,7-9,11,16H,1-3,5-6,10H2. The fraction of sp³-hybridized carbons (Fsp3) is 0.450. The summed E-state index contributed by atoms with van der Waals surface area (Å²) >= 11 is 0. The van der Waals surface area contributed by atoms with Gasteiger partial charge in [-0.15, -0.1) is 13.2 Å². The number of hydrogen-bond donors (Lipinski definition) is 0. The molecule has 0 unspecified atom stereocenters. The van der Waals surface area contributed by atoms with Crippen molar-refractivity contribution in [2.45, 2.75) is 57.4 Å². The van der Waals surface area contributed by atoms with Crippen LogP contribution in [0, 0.1) is 0 Å². The lowest BCUT2D eigenvalue weighted by molar-refractivity contribution is -0.275. The lowest BCUT2D eigenvalue weighted by Gasteiger charge is -2.22. The van der Waals surface area contributed by atoms with Crippen LogP contribution in [0.25, 0.3) is 11.5 Å². The van der Waals surface area contributed by atoms with Gasteiger partial charge in [-0.25, -0.2) is 4.68 Å². The summed E-state index contributed by atoms with van der Waals surface area (Å²) in [6, 6.07) is 3.76. The second-order valence-corrected chi connectivity index (χ2v) is 7.54. The van der Waals surface area contributed by atoms with Gasteiger partial charge in [-0.2, -0.15) is 18.9 Å². The van der Waals surface area contributed by atoms with Crippen LogP contribution in [0.5, 0.6) is 5.75 Å². The average Bonchev–Trinajstić information content (AvgIpc) is 3.27. The van der Waals surface area contributed by atoms with Crippen LogP contribution in [-0.4, -0.2) is 31.3 Å². The van der Waals surface area contributed by atoms with E-state index in [4.69, 9.17) is 0 Å². The van der Waals surface area contributed by atoms with Gasteiger partial charge >= 0.3 is 12.8 Å². The maximum atomic E-state index is 13.2. The third-order valence-corrected chi connectivity index (χ3v) is 5.28. The summed E-state index contributed by atoms with van der Waals surface area (Å²) in [4.78, 5) is 20.7. The number of alkyl halides is 5. The van der Waals surface area contributed by atoms with Crippen molar-refractivity contribution in [3.63, 3.8) is 0 Å². The minimum atomic E-state index is -4.96. The molecular formula is C20H18F5N5O3. The fourth-order valence-electron chi connectivity index (χ4n) is 3.81. The van der Waals surface area contributed by atoms with Gasteiger partial charge in [0.15, 0.2) is 5.75 Å². The van der Waals surface area contributed by atoms with Crippen molar-refractivity contribution >= 4 is 0 Å². The summed E-state index contributed by atoms with van der Waals surface area (Å²) in [5, 5.41) is 7.61. The third-order valence-electron chi connectivity index (χ3n) is 5.28. The summed E-state index contributed by atoms with van der Waals surface area (Å²) < 4.78 is 73.6. The summed E-state index contributed by atoms with van der Waals surface area (Å²) in [5.74, 6) is -1.86. The summed E-state index contributed by atoms with van der Waals surface area (Å²) in [5.41, 5.74) is -0.359. The zero-order valence-corrected chi connectivity index (χ0v) is 17.1. The molecule has 1 fully saturated rings. The molecule has 0 N–H and O–H groups in total. The zero-order valence-electron chi connectivity index (χ0n) is 17.1. The molecule has 3 heterocycles. The molecule has 33 heavy (non-hydrogen) atoms. The number of nitrogens with zero attached hydrogens (tertiary/aromatic N) is 5. The number of aromatic nitrogens is 5. The van der Waals surface area contributed by atoms with Gasteiger partial charge in [-0.3, -0.25) is 9.78 Å². The third kappa shape index (κ3) is 5.34. The maximum Gasteiger partial charge on any atom is 0.573 e. The highest BCUT2D eigenvalue weighted by atomic mass is 19.4. The molecule has 1 aliphatic carbocycles. The molecule has 4 rings (SSSR count). The van der Waals surface area contributed by atoms with Gasteiger partial charge in [-0.05, 0) is 37.0 Å². The van der Waals surface area contributed by atoms with Crippen LogP contribution in [0.4, 0.5) is 22.0 Å². The van der Waals surface area contributed by atoms with Gasteiger partial charge in [0.05, 0.1) is 6.54 Å². The van der Waals surface area contributed by atoms with E-state index in [1.165, 1.54) is 18.3 Å². The van der Waals surface area contributed by atoms with Gasteiger partial charge in [0.2, 0.25) is 5.82 Å². The maximum absolute atomic E-state index is 13.2. The smallest absolute Gasteiger partial charge is 0.404 e. The number of ether oxygens (including phenoxy) is 1. The van der Waals surface area contributed by atoms with E-state index in [0.29, 0.717) is 5.56 Å². The molecule has 0 amide bonds. The predicted molar refractivity (Wildman–Crippen MR) is 103 cm³/mol. The Hall–Kier alpha value is -3.38. The zero-order chi connectivity index (χ0) is 23.6. The molecule has 0 aliphatic heterocycles. The van der Waals surface area contributed by atoms with Crippen molar-refractivity contribution in [2.24, 2.45) is 0 Å². The molecule has 3 aromatic heterocycles. The normalized spacial score (nSPS) is 15.2. The highest BCUT2D eigenvalue weighted by molar-refractivity contribution is 5.49. The number of halogens is 5. The predicted octanol–water partition coefficient (Wildman–Crippen LogP) is 4.62. The van der Waals surface area contributed by atoms with E-state index in [1.54, 1.807) is 0 Å². The highest BCUT2D eigenvalue weighted by Crippen LogP contribution is 2.32. The van der Waals surface area contributed by atoms with Crippen LogP contribution < -0.4 is 10.3 Å². The first kappa shape index (κ1) is 22.8. The lowest BCUT2D eigenvalue weighted by atomic mass is 9.84. The first-order chi connectivity index (χ1) is 15.7. The van der Waals surface area contributed by atoms with Crippen molar-refractivity contribution in [1.82, 2.24) is 24.9 Å². The summed E-state index contributed by atoms with van der Waals surface area (Å²) in [7, 11) is 0. The molecule has 8 nitrogen and oxygen atoms in total. The number of hydrogen-bond acceptors (Lipinski definition) is 7. The molecule has 1 aliphatic rings. The molecule has 0 radical (unpaired) electrons. The molecule has 176 valence electrons. The van der Waals surface area contributed by atoms with Gasteiger partial charge in [0.1, 0.15) is 11.4 Å². The minimum Gasteiger partial charge on any atom is -0.404 e. The minimum absolute atomic E-state index is 0.0138. The Bertz CT molecular complexity index is 1170. The fourth-order valence-corrected chi connectivity index (χ4v) is 3.81. The van der Waals surface area contributed by atoms with E-state index < -0.39 is 36.5 Å². The highest BCUT2D eigenvalue weighted by Gasteiger charge is 2.32. The molecule has 13 heteroatoms. The Labute approximate surface area is 183 Å². The van der Waals surface area contributed by atoms with E-state index in [1.807, 2.05) is 0 Å². The second-order valence-electron chi connectivity index (χ2n) is 7.54. The molecule has 0 aromatic carbocycles. The number of rotatable bonds is 6. The van der Waals surface area contributed by atoms with Crippen LogP contribution in [0.3, 0.4) is 0 Å². The van der Waals surface area contributed by atoms with Crippen molar-refractivity contribution in [1.29, 1.82) is 0 Å². The first-order valence-electron chi connectivity index (χ1n) is 10.1. The Morgan fingerprint density at radius 3 is 2.64 bits per heavy atom. The van der Waals surface area contributed by atoms with Crippen LogP contribution in [0.15, 0.2) is 33.7 Å². The van der Waals surface area contributed by atoms with E-state index >= 15 is 0 Å². The number of pyridine rings is 1. The van der Waals surface area contributed by atoms with E-state index in [0.717, 1.165) is 42.9 Å². The Morgan fingerprint density at radius 1 is 1.21 bits per heavy atom. The molecule has 3 aromatic rings. The van der Waals surface area contributed by atoms with Crippen LogP contribution in [0.1, 0.15) is 61.6 Å². The topological polar surface area (TPSA) is 95.9 Å². The second kappa shape index (κ2) is 9.24. The molecule has 0 spiro atoms. The molecule has 0 bridgehead atoms.